The van der Waals surface area contributed by atoms with Gasteiger partial charge in [-0.2, -0.15) is 0 Å². The zero-order valence-electron chi connectivity index (χ0n) is 18.0. The molecule has 0 aliphatic heterocycles. The molecule has 3 aromatic carbocycles. The molecule has 1 saturated carbocycles. The van der Waals surface area contributed by atoms with E-state index in [-0.39, 0.29) is 6.42 Å². The summed E-state index contributed by atoms with van der Waals surface area (Å²) in [6.07, 6.45) is -3.41. The van der Waals surface area contributed by atoms with Crippen molar-refractivity contribution in [2.45, 2.75) is 56.8 Å². The molecule has 4 rings (SSSR count). The normalized spacial score (nSPS) is 25.5. The Balaban J connectivity index is 1.50. The Kier molecular flexibility index (Phi) is 8.04. The van der Waals surface area contributed by atoms with E-state index in [0.29, 0.717) is 19.8 Å². The molecule has 168 valence electrons. The topological polar surface area (TPSA) is 68.2 Å². The van der Waals surface area contributed by atoms with Crippen LogP contribution in [0.3, 0.4) is 0 Å². The van der Waals surface area contributed by atoms with E-state index >= 15 is 0 Å². The first-order valence-electron chi connectivity index (χ1n) is 11.0. The fraction of sp³-hybridized carbons (Fsp3) is 0.333. The van der Waals surface area contributed by atoms with Gasteiger partial charge in [-0.3, -0.25) is 0 Å². The second-order valence-corrected chi connectivity index (χ2v) is 8.15. The van der Waals surface area contributed by atoms with Crippen LogP contribution in [-0.2, 0) is 34.0 Å². The molecule has 0 radical (unpaired) electrons. The van der Waals surface area contributed by atoms with E-state index in [0.717, 1.165) is 16.7 Å². The van der Waals surface area contributed by atoms with Gasteiger partial charge in [-0.05, 0) is 16.7 Å². The number of hydrogen-bond acceptors (Lipinski definition) is 5. The van der Waals surface area contributed by atoms with E-state index in [2.05, 4.69) is 0 Å². The van der Waals surface area contributed by atoms with Crippen molar-refractivity contribution in [2.24, 2.45) is 0 Å². The molecule has 1 fully saturated rings. The van der Waals surface area contributed by atoms with Crippen molar-refractivity contribution >= 4 is 0 Å². The molecule has 0 spiro atoms. The summed E-state index contributed by atoms with van der Waals surface area (Å²) in [4.78, 5) is 0. The van der Waals surface area contributed by atoms with Gasteiger partial charge in [-0.1, -0.05) is 91.0 Å². The van der Waals surface area contributed by atoms with Crippen LogP contribution < -0.4 is 0 Å². The van der Waals surface area contributed by atoms with Gasteiger partial charge in [-0.25, -0.2) is 0 Å². The van der Waals surface area contributed by atoms with Crippen LogP contribution in [0.25, 0.3) is 0 Å². The molecular weight excluding hydrogens is 404 g/mol. The summed E-state index contributed by atoms with van der Waals surface area (Å²) in [7, 11) is 0. The fourth-order valence-electron chi connectivity index (χ4n) is 4.04. The Morgan fingerprint density at radius 3 is 1.16 bits per heavy atom. The van der Waals surface area contributed by atoms with Gasteiger partial charge in [0.1, 0.15) is 18.3 Å². The van der Waals surface area contributed by atoms with Crippen LogP contribution in [0.1, 0.15) is 23.1 Å². The second-order valence-electron chi connectivity index (χ2n) is 8.15. The highest BCUT2D eigenvalue weighted by Crippen LogP contribution is 2.30. The molecule has 2 N–H and O–H groups in total. The molecule has 0 aromatic heterocycles. The Morgan fingerprint density at radius 2 is 0.812 bits per heavy atom. The number of aliphatic hydroxyl groups excluding tert-OH is 2. The average Bonchev–Trinajstić information content (AvgIpc) is 2.83. The smallest absolute Gasteiger partial charge is 0.115 e. The summed E-state index contributed by atoms with van der Waals surface area (Å²) >= 11 is 0. The van der Waals surface area contributed by atoms with Crippen molar-refractivity contribution in [3.05, 3.63) is 108 Å². The van der Waals surface area contributed by atoms with Crippen LogP contribution in [0.5, 0.6) is 0 Å². The van der Waals surface area contributed by atoms with Gasteiger partial charge >= 0.3 is 0 Å². The summed E-state index contributed by atoms with van der Waals surface area (Å²) in [5, 5.41) is 21.5. The number of rotatable bonds is 9. The largest absolute Gasteiger partial charge is 0.390 e. The molecule has 1 unspecified atom stereocenters. The molecule has 32 heavy (non-hydrogen) atoms. The van der Waals surface area contributed by atoms with Gasteiger partial charge in [0.15, 0.2) is 0 Å². The van der Waals surface area contributed by atoms with Gasteiger partial charge in [0.2, 0.25) is 0 Å². The lowest BCUT2D eigenvalue weighted by Crippen LogP contribution is -2.58. The molecule has 3 aromatic rings. The van der Waals surface area contributed by atoms with E-state index in [1.807, 2.05) is 91.0 Å². The van der Waals surface area contributed by atoms with Crippen molar-refractivity contribution < 1.29 is 24.4 Å². The number of aliphatic hydroxyl groups is 2. The van der Waals surface area contributed by atoms with Crippen molar-refractivity contribution in [3.63, 3.8) is 0 Å². The summed E-state index contributed by atoms with van der Waals surface area (Å²) in [6, 6.07) is 29.5. The van der Waals surface area contributed by atoms with Gasteiger partial charge in [-0.15, -0.1) is 0 Å². The molecule has 5 nitrogen and oxygen atoms in total. The van der Waals surface area contributed by atoms with Crippen LogP contribution in [0.4, 0.5) is 0 Å². The lowest BCUT2D eigenvalue weighted by molar-refractivity contribution is -0.231. The zero-order valence-corrected chi connectivity index (χ0v) is 18.0. The minimum Gasteiger partial charge on any atom is -0.390 e. The Hall–Kier alpha value is -2.54. The summed E-state index contributed by atoms with van der Waals surface area (Å²) in [5.74, 6) is 0. The van der Waals surface area contributed by atoms with Crippen LogP contribution in [0, 0.1) is 0 Å². The predicted octanol–water partition coefficient (Wildman–Crippen LogP) is 3.87. The number of benzene rings is 3. The van der Waals surface area contributed by atoms with Crippen LogP contribution in [-0.4, -0.2) is 40.7 Å². The Morgan fingerprint density at radius 1 is 0.500 bits per heavy atom. The molecule has 1 aliphatic carbocycles. The standard InChI is InChI=1S/C27H30O5/c28-23-16-24(29)26(31-18-21-12-6-2-7-13-21)27(32-19-22-14-8-3-9-15-22)25(23)30-17-20-10-4-1-5-11-20/h1-15,23-29H,16-19H2/t23-,24+,25-,26+,27?. The highest BCUT2D eigenvalue weighted by molar-refractivity contribution is 5.15. The van der Waals surface area contributed by atoms with Crippen LogP contribution in [0.15, 0.2) is 91.0 Å². The predicted molar refractivity (Wildman–Crippen MR) is 122 cm³/mol. The van der Waals surface area contributed by atoms with Crippen LogP contribution in [0.2, 0.25) is 0 Å². The second kappa shape index (κ2) is 11.4. The summed E-state index contributed by atoms with van der Waals surface area (Å²) < 4.78 is 18.5. The maximum absolute atomic E-state index is 10.8. The Bertz CT molecular complexity index is 863. The SMILES string of the molecule is O[C@@H]1C[C@H](O)[C@H](OCc2ccccc2)C(OCc2ccccc2)[C@@H]1OCc1ccccc1. The molecule has 5 heteroatoms. The number of ether oxygens (including phenoxy) is 3. The third-order valence-corrected chi connectivity index (χ3v) is 5.74. The molecule has 0 saturated heterocycles. The van der Waals surface area contributed by atoms with Crippen molar-refractivity contribution in [3.8, 4) is 0 Å². The molecule has 5 atom stereocenters. The molecule has 0 heterocycles. The van der Waals surface area contributed by atoms with Crippen molar-refractivity contribution in [1.29, 1.82) is 0 Å². The average molecular weight is 435 g/mol. The van der Waals surface area contributed by atoms with Crippen molar-refractivity contribution in [2.75, 3.05) is 0 Å². The first kappa shape index (κ1) is 22.6. The highest BCUT2D eigenvalue weighted by atomic mass is 16.6. The highest BCUT2D eigenvalue weighted by Gasteiger charge is 2.46. The van der Waals surface area contributed by atoms with E-state index in [1.165, 1.54) is 0 Å². The monoisotopic (exact) mass is 434 g/mol. The van der Waals surface area contributed by atoms with E-state index < -0.39 is 30.5 Å². The minimum atomic E-state index is -0.855. The van der Waals surface area contributed by atoms with E-state index in [1.54, 1.807) is 0 Å². The molecule has 0 bridgehead atoms. The third kappa shape index (κ3) is 6.03. The quantitative estimate of drug-likeness (QED) is 0.535. The third-order valence-electron chi connectivity index (χ3n) is 5.74. The summed E-state index contributed by atoms with van der Waals surface area (Å²) in [5.41, 5.74) is 3.02. The molecule has 1 aliphatic rings. The van der Waals surface area contributed by atoms with E-state index in [4.69, 9.17) is 14.2 Å². The van der Waals surface area contributed by atoms with Crippen molar-refractivity contribution in [1.82, 2.24) is 0 Å². The number of hydrogen-bond donors (Lipinski definition) is 2. The summed E-state index contributed by atoms with van der Waals surface area (Å²) in [6.45, 7) is 1.02. The van der Waals surface area contributed by atoms with E-state index in [9.17, 15) is 10.2 Å². The van der Waals surface area contributed by atoms with Gasteiger partial charge in [0.25, 0.3) is 0 Å². The fourth-order valence-corrected chi connectivity index (χ4v) is 4.04. The van der Waals surface area contributed by atoms with Gasteiger partial charge < -0.3 is 24.4 Å². The van der Waals surface area contributed by atoms with Crippen LogP contribution >= 0.6 is 0 Å². The minimum absolute atomic E-state index is 0.171. The molecule has 0 amide bonds. The first-order valence-corrected chi connectivity index (χ1v) is 11.0. The molecular formula is C27H30O5. The van der Waals surface area contributed by atoms with Gasteiger partial charge in [0, 0.05) is 6.42 Å². The Labute approximate surface area is 189 Å². The maximum atomic E-state index is 10.8. The lowest BCUT2D eigenvalue weighted by atomic mass is 9.86. The maximum Gasteiger partial charge on any atom is 0.115 e. The van der Waals surface area contributed by atoms with Gasteiger partial charge in [0.05, 0.1) is 32.0 Å². The zero-order chi connectivity index (χ0) is 22.2. The first-order chi connectivity index (χ1) is 15.7. The lowest BCUT2D eigenvalue weighted by Gasteiger charge is -2.43.